The van der Waals surface area contributed by atoms with Gasteiger partial charge in [0.2, 0.25) is 0 Å². The molecule has 1 atom stereocenters. The fraction of sp³-hybridized carbons (Fsp3) is 0.538. The largest absolute Gasteiger partial charge is 0.327 e. The molecule has 1 fully saturated rings. The van der Waals surface area contributed by atoms with Gasteiger partial charge in [-0.2, -0.15) is 10.2 Å². The second-order valence-corrected chi connectivity index (χ2v) is 5.01. The van der Waals surface area contributed by atoms with Crippen molar-refractivity contribution in [3.63, 3.8) is 0 Å². The number of carbonyl (C=O) groups excluding carboxylic acids is 1. The Morgan fingerprint density at radius 1 is 1.45 bits per heavy atom. The Labute approximate surface area is 116 Å². The first kappa shape index (κ1) is 12.8. The third kappa shape index (κ3) is 2.31. The molecule has 106 valence electrons. The lowest BCUT2D eigenvalue weighted by atomic mass is 10.0. The van der Waals surface area contributed by atoms with Gasteiger partial charge in [0.15, 0.2) is 0 Å². The molecule has 2 aromatic rings. The number of hydrogen-bond acceptors (Lipinski definition) is 4. The number of piperidine rings is 1. The Balaban J connectivity index is 1.84. The molecule has 0 unspecified atom stereocenters. The molecule has 2 aromatic heterocycles. The van der Waals surface area contributed by atoms with Gasteiger partial charge in [-0.15, -0.1) is 0 Å². The number of rotatable bonds is 3. The van der Waals surface area contributed by atoms with Crippen molar-refractivity contribution in [3.8, 4) is 0 Å². The molecule has 0 aromatic carbocycles. The van der Waals surface area contributed by atoms with Crippen LogP contribution in [0.5, 0.6) is 0 Å². The van der Waals surface area contributed by atoms with E-state index in [0.717, 1.165) is 43.7 Å². The van der Waals surface area contributed by atoms with E-state index in [1.165, 1.54) is 6.33 Å². The first-order chi connectivity index (χ1) is 9.79. The SMILES string of the molecule is CCc1cc(C(=O)N2CCCC[C@@H]2c2ncn[nH]2)n[nH]1. The third-order valence-corrected chi connectivity index (χ3v) is 3.74. The van der Waals surface area contributed by atoms with Crippen LogP contribution >= 0.6 is 0 Å². The van der Waals surface area contributed by atoms with Crippen molar-refractivity contribution in [1.29, 1.82) is 0 Å². The molecule has 1 saturated heterocycles. The minimum atomic E-state index is -0.0398. The van der Waals surface area contributed by atoms with E-state index < -0.39 is 0 Å². The van der Waals surface area contributed by atoms with Gasteiger partial charge in [-0.25, -0.2) is 4.98 Å². The monoisotopic (exact) mass is 274 g/mol. The van der Waals surface area contributed by atoms with E-state index in [2.05, 4.69) is 25.4 Å². The van der Waals surface area contributed by atoms with Gasteiger partial charge in [-0.05, 0) is 31.7 Å². The number of nitrogens with zero attached hydrogens (tertiary/aromatic N) is 4. The number of amides is 1. The summed E-state index contributed by atoms with van der Waals surface area (Å²) in [4.78, 5) is 18.7. The number of aromatic nitrogens is 5. The molecule has 7 heteroatoms. The van der Waals surface area contributed by atoms with E-state index in [9.17, 15) is 4.79 Å². The molecule has 20 heavy (non-hydrogen) atoms. The summed E-state index contributed by atoms with van der Waals surface area (Å²) >= 11 is 0. The molecule has 3 heterocycles. The Morgan fingerprint density at radius 3 is 3.05 bits per heavy atom. The van der Waals surface area contributed by atoms with Crippen molar-refractivity contribution in [2.45, 2.75) is 38.6 Å². The number of aryl methyl sites for hydroxylation is 1. The van der Waals surface area contributed by atoms with Crippen molar-refractivity contribution in [1.82, 2.24) is 30.3 Å². The number of nitrogens with one attached hydrogen (secondary N) is 2. The predicted octanol–water partition coefficient (Wildman–Crippen LogP) is 1.46. The van der Waals surface area contributed by atoms with Crippen molar-refractivity contribution in [2.75, 3.05) is 6.54 Å². The lowest BCUT2D eigenvalue weighted by Gasteiger charge is -2.33. The number of hydrogen-bond donors (Lipinski definition) is 2. The minimum absolute atomic E-state index is 0.0273. The number of likely N-dealkylation sites (tertiary alicyclic amines) is 1. The Morgan fingerprint density at radius 2 is 2.35 bits per heavy atom. The van der Waals surface area contributed by atoms with Crippen LogP contribution in [0.3, 0.4) is 0 Å². The molecule has 0 radical (unpaired) electrons. The van der Waals surface area contributed by atoms with Crippen LogP contribution < -0.4 is 0 Å². The summed E-state index contributed by atoms with van der Waals surface area (Å²) in [5.41, 5.74) is 1.45. The fourth-order valence-electron chi connectivity index (χ4n) is 2.63. The molecular weight excluding hydrogens is 256 g/mol. The molecule has 1 aliphatic heterocycles. The van der Waals surface area contributed by atoms with Crippen LogP contribution in [-0.2, 0) is 6.42 Å². The lowest BCUT2D eigenvalue weighted by molar-refractivity contribution is 0.0594. The zero-order valence-electron chi connectivity index (χ0n) is 11.5. The molecule has 0 spiro atoms. The van der Waals surface area contributed by atoms with E-state index in [4.69, 9.17) is 0 Å². The van der Waals surface area contributed by atoms with Crippen LogP contribution in [0.1, 0.15) is 54.2 Å². The highest BCUT2D eigenvalue weighted by atomic mass is 16.2. The van der Waals surface area contributed by atoms with E-state index >= 15 is 0 Å². The molecule has 7 nitrogen and oxygen atoms in total. The quantitative estimate of drug-likeness (QED) is 0.886. The Bertz CT molecular complexity index is 575. The summed E-state index contributed by atoms with van der Waals surface area (Å²) in [7, 11) is 0. The van der Waals surface area contributed by atoms with Crippen molar-refractivity contribution >= 4 is 5.91 Å². The van der Waals surface area contributed by atoms with Crippen LogP contribution in [0.2, 0.25) is 0 Å². The maximum Gasteiger partial charge on any atom is 0.274 e. The average molecular weight is 274 g/mol. The van der Waals surface area contributed by atoms with Crippen LogP contribution in [-0.4, -0.2) is 42.7 Å². The fourth-order valence-corrected chi connectivity index (χ4v) is 2.63. The highest BCUT2D eigenvalue weighted by molar-refractivity contribution is 5.92. The highest BCUT2D eigenvalue weighted by Gasteiger charge is 2.31. The molecule has 0 bridgehead atoms. The zero-order chi connectivity index (χ0) is 13.9. The number of carbonyl (C=O) groups is 1. The Hall–Kier alpha value is -2.18. The first-order valence-corrected chi connectivity index (χ1v) is 7.00. The molecule has 1 amide bonds. The van der Waals surface area contributed by atoms with Gasteiger partial charge >= 0.3 is 0 Å². The summed E-state index contributed by atoms with van der Waals surface area (Å²) in [5.74, 6) is 0.714. The van der Waals surface area contributed by atoms with Crippen molar-refractivity contribution < 1.29 is 4.79 Å². The summed E-state index contributed by atoms with van der Waals surface area (Å²) < 4.78 is 0. The van der Waals surface area contributed by atoms with Crippen molar-refractivity contribution in [2.24, 2.45) is 0 Å². The van der Waals surface area contributed by atoms with Gasteiger partial charge in [-0.3, -0.25) is 15.0 Å². The van der Waals surface area contributed by atoms with E-state index in [-0.39, 0.29) is 11.9 Å². The molecule has 0 saturated carbocycles. The topological polar surface area (TPSA) is 90.6 Å². The average Bonchev–Trinajstić information content (AvgIpc) is 3.17. The van der Waals surface area contributed by atoms with Crippen molar-refractivity contribution in [3.05, 3.63) is 29.6 Å². The normalized spacial score (nSPS) is 19.2. The van der Waals surface area contributed by atoms with Crippen LogP contribution in [0.15, 0.2) is 12.4 Å². The van der Waals surface area contributed by atoms with Crippen LogP contribution in [0.25, 0.3) is 0 Å². The molecule has 0 aliphatic carbocycles. The minimum Gasteiger partial charge on any atom is -0.327 e. The number of aromatic amines is 2. The molecule has 2 N–H and O–H groups in total. The van der Waals surface area contributed by atoms with E-state index in [1.54, 1.807) is 0 Å². The maximum absolute atomic E-state index is 12.6. The summed E-state index contributed by atoms with van der Waals surface area (Å²) in [6.07, 6.45) is 5.34. The maximum atomic E-state index is 12.6. The van der Waals surface area contributed by atoms with Gasteiger partial charge in [-0.1, -0.05) is 6.92 Å². The zero-order valence-corrected chi connectivity index (χ0v) is 11.5. The first-order valence-electron chi connectivity index (χ1n) is 7.00. The second-order valence-electron chi connectivity index (χ2n) is 5.01. The number of H-pyrrole nitrogens is 2. The smallest absolute Gasteiger partial charge is 0.274 e. The van der Waals surface area contributed by atoms with Gasteiger partial charge in [0.1, 0.15) is 17.8 Å². The van der Waals surface area contributed by atoms with E-state index in [1.807, 2.05) is 17.9 Å². The predicted molar refractivity (Wildman–Crippen MR) is 72.0 cm³/mol. The van der Waals surface area contributed by atoms with Gasteiger partial charge in [0.25, 0.3) is 5.91 Å². The van der Waals surface area contributed by atoms with Crippen LogP contribution in [0, 0.1) is 0 Å². The van der Waals surface area contributed by atoms with Gasteiger partial charge < -0.3 is 4.90 Å². The van der Waals surface area contributed by atoms with Gasteiger partial charge in [0.05, 0.1) is 6.04 Å². The standard InChI is InChI=1S/C13H18N6O/c1-2-9-7-10(17-16-9)13(20)19-6-4-3-5-11(19)12-14-8-15-18-12/h7-8,11H,2-6H2,1H3,(H,16,17)(H,14,15,18)/t11-/m1/s1. The third-order valence-electron chi connectivity index (χ3n) is 3.74. The molecular formula is C13H18N6O. The second kappa shape index (κ2) is 5.44. The summed E-state index contributed by atoms with van der Waals surface area (Å²) in [5, 5.41) is 13.8. The van der Waals surface area contributed by atoms with Gasteiger partial charge in [0, 0.05) is 12.2 Å². The Kier molecular flexibility index (Phi) is 3.49. The summed E-state index contributed by atoms with van der Waals surface area (Å²) in [6, 6.07) is 1.80. The van der Waals surface area contributed by atoms with E-state index in [0.29, 0.717) is 5.69 Å². The molecule has 3 rings (SSSR count). The lowest BCUT2D eigenvalue weighted by Crippen LogP contribution is -2.39. The van der Waals surface area contributed by atoms with Crippen LogP contribution in [0.4, 0.5) is 0 Å². The summed E-state index contributed by atoms with van der Waals surface area (Å²) in [6.45, 7) is 2.76. The molecule has 1 aliphatic rings. The highest BCUT2D eigenvalue weighted by Crippen LogP contribution is 2.29.